The van der Waals surface area contributed by atoms with Gasteiger partial charge in [-0.2, -0.15) is 0 Å². The van der Waals surface area contributed by atoms with Gasteiger partial charge < -0.3 is 5.32 Å². The van der Waals surface area contributed by atoms with Crippen LogP contribution in [0.15, 0.2) is 0 Å². The molecule has 0 saturated heterocycles. The fourth-order valence-corrected chi connectivity index (χ4v) is 1.89. The lowest BCUT2D eigenvalue weighted by molar-refractivity contribution is -0.116. The summed E-state index contributed by atoms with van der Waals surface area (Å²) in [5, 5.41) is 2.99. The molecule has 0 aromatic carbocycles. The lowest BCUT2D eigenvalue weighted by Gasteiger charge is -2.13. The summed E-state index contributed by atoms with van der Waals surface area (Å²) in [4.78, 5) is 13.5. The number of rotatable bonds is 2. The highest BCUT2D eigenvalue weighted by molar-refractivity contribution is 9.12. The smallest absolute Gasteiger partial charge is 0.297 e. The number of carbonyl (C=O) groups is 1. The quantitative estimate of drug-likeness (QED) is 0.711. The van der Waals surface area contributed by atoms with Crippen molar-refractivity contribution in [3.63, 3.8) is 0 Å². The van der Waals surface area contributed by atoms with E-state index in [-0.39, 0.29) is 11.4 Å². The molecule has 2 aliphatic rings. The lowest BCUT2D eigenvalue weighted by atomic mass is 10.1. The molecule has 2 aliphatic carbocycles. The molecular weight excluding hydrogens is 218 g/mol. The van der Waals surface area contributed by atoms with Gasteiger partial charge in [-0.05, 0) is 36.4 Å². The molecule has 3 heteroatoms. The van der Waals surface area contributed by atoms with E-state index in [0.717, 1.165) is 18.8 Å². The molecule has 2 rings (SSSR count). The summed E-state index contributed by atoms with van der Waals surface area (Å²) in [6.07, 6.45) is 4.85. The van der Waals surface area contributed by atoms with Crippen LogP contribution in [0.25, 0.3) is 0 Å². The summed E-state index contributed by atoms with van der Waals surface area (Å²) in [7, 11) is 0. The van der Waals surface area contributed by atoms with Crippen molar-refractivity contribution in [3.05, 3.63) is 0 Å². The van der Waals surface area contributed by atoms with Crippen LogP contribution in [0.2, 0.25) is 0 Å². The van der Waals surface area contributed by atoms with Gasteiger partial charge in [-0.1, -0.05) is 0 Å². The van der Waals surface area contributed by atoms with Crippen LogP contribution in [-0.2, 0) is 4.79 Å². The van der Waals surface area contributed by atoms with Gasteiger partial charge in [0.15, 0.2) is 0 Å². The van der Waals surface area contributed by atoms with Crippen LogP contribution < -0.4 is 5.32 Å². The Morgan fingerprint density at radius 1 is 1.50 bits per heavy atom. The Hall–Kier alpha value is -0.490. The molecule has 0 aromatic heterocycles. The molecule has 0 spiro atoms. The largest absolute Gasteiger partial charge is 0.340 e. The van der Waals surface area contributed by atoms with Gasteiger partial charge in [0, 0.05) is 27.4 Å². The Balaban J connectivity index is 1.92. The van der Waals surface area contributed by atoms with Crippen molar-refractivity contribution in [2.75, 3.05) is 0 Å². The van der Waals surface area contributed by atoms with E-state index < -0.39 is 0 Å². The molecule has 0 aromatic rings. The van der Waals surface area contributed by atoms with E-state index in [4.69, 9.17) is 0 Å². The van der Waals surface area contributed by atoms with Gasteiger partial charge in [0.1, 0.15) is 0 Å². The first kappa shape index (κ1) is 8.12. The zero-order valence-electron chi connectivity index (χ0n) is 6.69. The first-order valence-corrected chi connectivity index (χ1v) is 5.00. The highest BCUT2D eigenvalue weighted by Gasteiger charge is 2.54. The predicted molar refractivity (Wildman–Crippen MR) is 49.5 cm³/mol. The van der Waals surface area contributed by atoms with Gasteiger partial charge in [0.25, 0.3) is 5.91 Å². The molecule has 2 saturated carbocycles. The minimum absolute atomic E-state index is 0.142. The molecule has 64 valence electrons. The molecule has 2 nitrogen and oxygen atoms in total. The Morgan fingerprint density at radius 2 is 2.17 bits per heavy atom. The van der Waals surface area contributed by atoms with E-state index in [1.165, 1.54) is 12.8 Å². The van der Waals surface area contributed by atoms with Crippen molar-refractivity contribution in [1.29, 1.82) is 0 Å². The summed E-state index contributed by atoms with van der Waals surface area (Å²) in [6, 6.07) is 0. The highest BCUT2D eigenvalue weighted by atomic mass is 79.9. The first-order valence-electron chi connectivity index (χ1n) is 4.21. The van der Waals surface area contributed by atoms with Gasteiger partial charge in [-0.15, -0.1) is 0 Å². The van der Waals surface area contributed by atoms with Crippen molar-refractivity contribution in [2.45, 2.75) is 31.2 Å². The molecular formula is C9H10BrNO. The Kier molecular flexibility index (Phi) is 1.88. The van der Waals surface area contributed by atoms with Crippen molar-refractivity contribution < 1.29 is 4.79 Å². The molecule has 0 radical (unpaired) electrons. The maximum absolute atomic E-state index is 11.1. The van der Waals surface area contributed by atoms with Crippen molar-refractivity contribution in [3.8, 4) is 10.8 Å². The topological polar surface area (TPSA) is 29.1 Å². The maximum atomic E-state index is 11.1. The minimum Gasteiger partial charge on any atom is -0.340 e. The van der Waals surface area contributed by atoms with E-state index in [2.05, 4.69) is 32.0 Å². The zero-order chi connectivity index (χ0) is 8.60. The summed E-state index contributed by atoms with van der Waals surface area (Å²) in [6.45, 7) is 0. The second kappa shape index (κ2) is 2.77. The second-order valence-electron chi connectivity index (χ2n) is 3.60. The predicted octanol–water partition coefficient (Wildman–Crippen LogP) is 1.40. The average Bonchev–Trinajstić information content (AvgIpc) is 2.82. The van der Waals surface area contributed by atoms with Crippen LogP contribution in [-0.4, -0.2) is 11.4 Å². The van der Waals surface area contributed by atoms with Crippen LogP contribution in [0.1, 0.15) is 25.7 Å². The van der Waals surface area contributed by atoms with Crippen LogP contribution in [0, 0.1) is 16.7 Å². The summed E-state index contributed by atoms with van der Waals surface area (Å²) in [5.41, 5.74) is 0.161. The summed E-state index contributed by atoms with van der Waals surface area (Å²) >= 11 is 2.91. The molecule has 0 aliphatic heterocycles. The molecule has 0 bridgehead atoms. The molecule has 1 amide bonds. The number of nitrogens with one attached hydrogen (secondary N) is 1. The van der Waals surface area contributed by atoms with Crippen LogP contribution in [0.4, 0.5) is 0 Å². The van der Waals surface area contributed by atoms with Crippen LogP contribution >= 0.6 is 15.9 Å². The molecule has 2 fully saturated rings. The van der Waals surface area contributed by atoms with E-state index >= 15 is 0 Å². The standard InChI is InChI=1S/C9H10BrNO/c10-6-3-8(12)11-9(4-5-9)7-1-2-7/h7H,1-2,4-5H2,(H,11,12). The third-order valence-electron chi connectivity index (χ3n) is 2.67. The first-order chi connectivity index (χ1) is 5.77. The molecule has 12 heavy (non-hydrogen) atoms. The van der Waals surface area contributed by atoms with Gasteiger partial charge in [-0.3, -0.25) is 4.79 Å². The number of hydrogen-bond acceptors (Lipinski definition) is 1. The number of carbonyl (C=O) groups excluding carboxylic acids is 1. The normalized spacial score (nSPS) is 23.8. The zero-order valence-corrected chi connectivity index (χ0v) is 8.28. The third-order valence-corrected chi connectivity index (χ3v) is 2.87. The van der Waals surface area contributed by atoms with Gasteiger partial charge in [-0.25, -0.2) is 0 Å². The summed E-state index contributed by atoms with van der Waals surface area (Å²) < 4.78 is 0. The van der Waals surface area contributed by atoms with E-state index in [0.29, 0.717) is 0 Å². The summed E-state index contributed by atoms with van der Waals surface area (Å²) in [5.74, 6) is 3.05. The minimum atomic E-state index is -0.142. The second-order valence-corrected chi connectivity index (χ2v) is 4.00. The Bertz CT molecular complexity index is 268. The van der Waals surface area contributed by atoms with Crippen molar-refractivity contribution >= 4 is 21.8 Å². The fraction of sp³-hybridized carbons (Fsp3) is 0.667. The van der Waals surface area contributed by atoms with Crippen LogP contribution in [0.3, 0.4) is 0 Å². The monoisotopic (exact) mass is 227 g/mol. The number of hydrogen-bond donors (Lipinski definition) is 1. The maximum Gasteiger partial charge on any atom is 0.297 e. The van der Waals surface area contributed by atoms with E-state index in [9.17, 15) is 4.79 Å². The van der Waals surface area contributed by atoms with Crippen LogP contribution in [0.5, 0.6) is 0 Å². The number of amides is 1. The van der Waals surface area contributed by atoms with E-state index in [1.54, 1.807) is 0 Å². The molecule has 1 N–H and O–H groups in total. The van der Waals surface area contributed by atoms with Crippen molar-refractivity contribution in [1.82, 2.24) is 5.32 Å². The molecule has 0 unspecified atom stereocenters. The van der Waals surface area contributed by atoms with Gasteiger partial charge in [0.2, 0.25) is 0 Å². The highest BCUT2D eigenvalue weighted by Crippen LogP contribution is 2.53. The Labute approximate surface area is 80.2 Å². The Morgan fingerprint density at radius 3 is 2.58 bits per heavy atom. The third kappa shape index (κ3) is 1.49. The van der Waals surface area contributed by atoms with Gasteiger partial charge >= 0.3 is 0 Å². The van der Waals surface area contributed by atoms with E-state index in [1.807, 2.05) is 0 Å². The SMILES string of the molecule is O=C(C#CBr)NC1(C2CC2)CC1. The van der Waals surface area contributed by atoms with Gasteiger partial charge in [0.05, 0.1) is 0 Å². The molecule has 0 heterocycles. The van der Waals surface area contributed by atoms with Crippen molar-refractivity contribution in [2.24, 2.45) is 5.92 Å². The lowest BCUT2D eigenvalue weighted by Crippen LogP contribution is -2.37. The molecule has 0 atom stereocenters. The number of halogens is 1. The average molecular weight is 228 g/mol. The fourth-order valence-electron chi connectivity index (χ4n) is 1.71.